The van der Waals surface area contributed by atoms with Gasteiger partial charge in [0.2, 0.25) is 5.91 Å². The van der Waals surface area contributed by atoms with Crippen LogP contribution >= 0.6 is 11.8 Å². The van der Waals surface area contributed by atoms with E-state index < -0.39 is 0 Å². The second-order valence-electron chi connectivity index (χ2n) is 7.53. The number of methoxy groups -OCH3 is 1. The van der Waals surface area contributed by atoms with Gasteiger partial charge in [-0.1, -0.05) is 43.8 Å². The van der Waals surface area contributed by atoms with Gasteiger partial charge in [0.1, 0.15) is 5.75 Å². The lowest BCUT2D eigenvalue weighted by atomic mass is 10.0. The Morgan fingerprint density at radius 3 is 2.38 bits per heavy atom. The first-order valence-electron chi connectivity index (χ1n) is 10.2. The lowest BCUT2D eigenvalue weighted by Gasteiger charge is -2.21. The molecule has 1 aromatic heterocycles. The van der Waals surface area contributed by atoms with Crippen LogP contribution in [-0.4, -0.2) is 39.4 Å². The van der Waals surface area contributed by atoms with Crippen LogP contribution in [0.2, 0.25) is 0 Å². The Morgan fingerprint density at radius 1 is 1.06 bits per heavy atom. The Labute approximate surface area is 191 Å². The van der Waals surface area contributed by atoms with Crippen molar-refractivity contribution in [1.82, 2.24) is 20.1 Å². The molecule has 3 rings (SSSR count). The van der Waals surface area contributed by atoms with Crippen molar-refractivity contribution in [2.75, 3.05) is 18.2 Å². The van der Waals surface area contributed by atoms with E-state index in [1.807, 2.05) is 55.8 Å². The van der Waals surface area contributed by atoms with Crippen molar-refractivity contribution in [3.8, 4) is 5.75 Å². The molecule has 9 heteroatoms. The van der Waals surface area contributed by atoms with Gasteiger partial charge in [-0.25, -0.2) is 0 Å². The molecular weight excluding hydrogens is 426 g/mol. The summed E-state index contributed by atoms with van der Waals surface area (Å²) >= 11 is 1.29. The minimum Gasteiger partial charge on any atom is -0.497 e. The number of rotatable bonds is 9. The molecule has 168 valence electrons. The van der Waals surface area contributed by atoms with Gasteiger partial charge in [0, 0.05) is 18.3 Å². The fraction of sp³-hybridized carbons (Fsp3) is 0.304. The van der Waals surface area contributed by atoms with Crippen LogP contribution in [0.15, 0.2) is 59.8 Å². The standard InChI is InChI=1S/C23H27N5O3S/c1-15(2)20(25-22(30)16-10-12-18(31-4)13-11-16)21-26-27-23(28(21)3)32-14-19(29)24-17-8-6-5-7-9-17/h5-13,15,20H,14H2,1-4H3,(H,24,29)(H,25,30). The topological polar surface area (TPSA) is 98.1 Å². The normalized spacial score (nSPS) is 11.8. The number of nitrogens with zero attached hydrogens (tertiary/aromatic N) is 3. The number of amides is 2. The maximum atomic E-state index is 12.8. The summed E-state index contributed by atoms with van der Waals surface area (Å²) in [5.41, 5.74) is 1.28. The molecule has 2 aromatic carbocycles. The minimum absolute atomic E-state index is 0.0827. The number of para-hydroxylation sites is 1. The van der Waals surface area contributed by atoms with E-state index in [1.165, 1.54) is 11.8 Å². The minimum atomic E-state index is -0.338. The van der Waals surface area contributed by atoms with Crippen LogP contribution in [0, 0.1) is 5.92 Å². The molecule has 0 saturated heterocycles. The van der Waals surface area contributed by atoms with Gasteiger partial charge in [-0.2, -0.15) is 0 Å². The number of hydrogen-bond acceptors (Lipinski definition) is 6. The SMILES string of the molecule is COc1ccc(C(=O)NC(c2nnc(SCC(=O)Nc3ccccc3)n2C)C(C)C)cc1. The maximum absolute atomic E-state index is 12.8. The number of benzene rings is 2. The van der Waals surface area contributed by atoms with Crippen LogP contribution in [0.25, 0.3) is 0 Å². The average molecular weight is 454 g/mol. The number of carbonyl (C=O) groups excluding carboxylic acids is 2. The fourth-order valence-electron chi connectivity index (χ4n) is 3.07. The van der Waals surface area contributed by atoms with E-state index >= 15 is 0 Å². The van der Waals surface area contributed by atoms with Crippen LogP contribution in [0.3, 0.4) is 0 Å². The second kappa shape index (κ2) is 10.8. The lowest BCUT2D eigenvalue weighted by molar-refractivity contribution is -0.113. The Hall–Kier alpha value is -3.33. The number of aromatic nitrogens is 3. The van der Waals surface area contributed by atoms with E-state index in [9.17, 15) is 9.59 Å². The number of ether oxygens (including phenoxy) is 1. The Balaban J connectivity index is 1.66. The zero-order valence-corrected chi connectivity index (χ0v) is 19.3. The van der Waals surface area contributed by atoms with Gasteiger partial charge in [0.15, 0.2) is 11.0 Å². The van der Waals surface area contributed by atoms with Gasteiger partial charge >= 0.3 is 0 Å². The monoisotopic (exact) mass is 453 g/mol. The average Bonchev–Trinajstić information content (AvgIpc) is 3.16. The molecule has 8 nitrogen and oxygen atoms in total. The molecule has 3 aromatic rings. The van der Waals surface area contributed by atoms with Crippen LogP contribution in [0.5, 0.6) is 5.75 Å². The van der Waals surface area contributed by atoms with Crippen molar-refractivity contribution in [2.24, 2.45) is 13.0 Å². The molecule has 1 atom stereocenters. The molecule has 2 N–H and O–H groups in total. The zero-order chi connectivity index (χ0) is 23.1. The van der Waals surface area contributed by atoms with Crippen molar-refractivity contribution in [3.63, 3.8) is 0 Å². The van der Waals surface area contributed by atoms with Crippen molar-refractivity contribution in [2.45, 2.75) is 25.0 Å². The number of thioether (sulfide) groups is 1. The van der Waals surface area contributed by atoms with Gasteiger partial charge < -0.3 is 19.9 Å². The van der Waals surface area contributed by atoms with E-state index in [4.69, 9.17) is 4.74 Å². The molecule has 0 saturated carbocycles. The Kier molecular flexibility index (Phi) is 7.88. The Morgan fingerprint density at radius 2 is 1.75 bits per heavy atom. The van der Waals surface area contributed by atoms with E-state index in [0.717, 1.165) is 5.69 Å². The number of nitrogens with one attached hydrogen (secondary N) is 2. The van der Waals surface area contributed by atoms with Gasteiger partial charge in [0.05, 0.1) is 18.9 Å². The smallest absolute Gasteiger partial charge is 0.251 e. The summed E-state index contributed by atoms with van der Waals surface area (Å²) in [4.78, 5) is 25.0. The summed E-state index contributed by atoms with van der Waals surface area (Å²) in [5.74, 6) is 1.27. The molecule has 2 amide bonds. The molecule has 0 aliphatic carbocycles. The highest BCUT2D eigenvalue weighted by Gasteiger charge is 2.25. The highest BCUT2D eigenvalue weighted by atomic mass is 32.2. The third kappa shape index (κ3) is 5.88. The summed E-state index contributed by atoms with van der Waals surface area (Å²) in [6.45, 7) is 4.02. The third-order valence-corrected chi connectivity index (χ3v) is 5.86. The largest absolute Gasteiger partial charge is 0.497 e. The molecule has 0 aliphatic rings. The van der Waals surface area contributed by atoms with E-state index in [1.54, 1.807) is 31.4 Å². The summed E-state index contributed by atoms with van der Waals surface area (Å²) < 4.78 is 6.96. The molecule has 32 heavy (non-hydrogen) atoms. The third-order valence-electron chi connectivity index (χ3n) is 4.84. The van der Waals surface area contributed by atoms with Gasteiger partial charge in [0.25, 0.3) is 5.91 Å². The first-order chi connectivity index (χ1) is 15.4. The molecule has 1 heterocycles. The number of hydrogen-bond donors (Lipinski definition) is 2. The molecule has 1 unspecified atom stereocenters. The lowest BCUT2D eigenvalue weighted by Crippen LogP contribution is -2.33. The molecule has 0 fully saturated rings. The van der Waals surface area contributed by atoms with Crippen LogP contribution < -0.4 is 15.4 Å². The maximum Gasteiger partial charge on any atom is 0.251 e. The first kappa shape index (κ1) is 23.3. The summed E-state index contributed by atoms with van der Waals surface area (Å²) in [6.07, 6.45) is 0. The quantitative estimate of drug-likeness (QED) is 0.480. The predicted octanol–water partition coefficient (Wildman–Crippen LogP) is 3.68. The summed E-state index contributed by atoms with van der Waals surface area (Å²) in [7, 11) is 3.42. The first-order valence-corrected chi connectivity index (χ1v) is 11.2. The van der Waals surface area contributed by atoms with Crippen molar-refractivity contribution < 1.29 is 14.3 Å². The van der Waals surface area contributed by atoms with E-state index in [-0.39, 0.29) is 29.5 Å². The van der Waals surface area contributed by atoms with E-state index in [0.29, 0.717) is 22.3 Å². The molecule has 0 radical (unpaired) electrons. The van der Waals surface area contributed by atoms with Crippen molar-refractivity contribution >= 4 is 29.3 Å². The fourth-order valence-corrected chi connectivity index (χ4v) is 3.79. The van der Waals surface area contributed by atoms with Crippen molar-refractivity contribution in [3.05, 3.63) is 66.0 Å². The number of anilines is 1. The summed E-state index contributed by atoms with van der Waals surface area (Å²) in [6, 6.07) is 15.9. The number of carbonyl (C=O) groups is 2. The van der Waals surface area contributed by atoms with Crippen LogP contribution in [0.1, 0.15) is 36.1 Å². The van der Waals surface area contributed by atoms with E-state index in [2.05, 4.69) is 20.8 Å². The van der Waals surface area contributed by atoms with Crippen molar-refractivity contribution in [1.29, 1.82) is 0 Å². The zero-order valence-electron chi connectivity index (χ0n) is 18.5. The van der Waals surface area contributed by atoms with Gasteiger partial charge in [-0.05, 0) is 42.3 Å². The molecule has 0 bridgehead atoms. The molecule has 0 spiro atoms. The van der Waals surface area contributed by atoms with Gasteiger partial charge in [-0.15, -0.1) is 10.2 Å². The Bertz CT molecular complexity index is 1050. The second-order valence-corrected chi connectivity index (χ2v) is 8.47. The highest BCUT2D eigenvalue weighted by molar-refractivity contribution is 7.99. The molecular formula is C23H27N5O3S. The summed E-state index contributed by atoms with van der Waals surface area (Å²) in [5, 5.41) is 15.0. The predicted molar refractivity (Wildman–Crippen MR) is 125 cm³/mol. The molecule has 0 aliphatic heterocycles. The van der Waals surface area contributed by atoms with Gasteiger partial charge in [-0.3, -0.25) is 9.59 Å². The van der Waals surface area contributed by atoms with Crippen LogP contribution in [0.4, 0.5) is 5.69 Å². The highest BCUT2D eigenvalue weighted by Crippen LogP contribution is 2.25. The van der Waals surface area contributed by atoms with Crippen LogP contribution in [-0.2, 0) is 11.8 Å².